The van der Waals surface area contributed by atoms with Crippen molar-refractivity contribution in [3.63, 3.8) is 0 Å². The second kappa shape index (κ2) is 6.49. The standard InChI is InChI=1S/C16H26N2O/c1-13(2)14-9-16(10-14,12-18-7-8-19-3)15-5-4-6-17-11-15/h4-6,11,13-14,18H,7-10,12H2,1-3H3. The zero-order valence-corrected chi connectivity index (χ0v) is 12.4. The van der Waals surface area contributed by atoms with E-state index in [0.29, 0.717) is 0 Å². The van der Waals surface area contributed by atoms with E-state index in [1.807, 2.05) is 12.4 Å². The maximum absolute atomic E-state index is 5.10. The molecule has 2 rings (SSSR count). The topological polar surface area (TPSA) is 34.1 Å². The maximum Gasteiger partial charge on any atom is 0.0587 e. The minimum atomic E-state index is 0.289. The molecule has 1 aliphatic carbocycles. The molecule has 0 aliphatic heterocycles. The van der Waals surface area contributed by atoms with E-state index in [9.17, 15) is 0 Å². The molecular weight excluding hydrogens is 236 g/mol. The second-order valence-electron chi connectivity index (χ2n) is 6.10. The predicted molar refractivity (Wildman–Crippen MR) is 78.2 cm³/mol. The monoisotopic (exact) mass is 262 g/mol. The number of hydrogen-bond acceptors (Lipinski definition) is 3. The quantitative estimate of drug-likeness (QED) is 0.767. The van der Waals surface area contributed by atoms with Crippen molar-refractivity contribution in [1.82, 2.24) is 10.3 Å². The molecule has 3 nitrogen and oxygen atoms in total. The molecule has 0 bridgehead atoms. The van der Waals surface area contributed by atoms with E-state index in [1.165, 1.54) is 18.4 Å². The summed E-state index contributed by atoms with van der Waals surface area (Å²) in [4.78, 5) is 4.29. The minimum Gasteiger partial charge on any atom is -0.383 e. The van der Waals surface area contributed by atoms with E-state index in [-0.39, 0.29) is 5.41 Å². The van der Waals surface area contributed by atoms with Gasteiger partial charge in [-0.05, 0) is 36.3 Å². The Hall–Kier alpha value is -0.930. The van der Waals surface area contributed by atoms with Gasteiger partial charge in [0, 0.05) is 38.0 Å². The van der Waals surface area contributed by atoms with Crippen LogP contribution in [0.1, 0.15) is 32.3 Å². The molecule has 106 valence electrons. The number of hydrogen-bond donors (Lipinski definition) is 1. The van der Waals surface area contributed by atoms with Crippen LogP contribution in [-0.2, 0) is 10.2 Å². The Morgan fingerprint density at radius 1 is 1.47 bits per heavy atom. The minimum absolute atomic E-state index is 0.289. The molecule has 1 heterocycles. The maximum atomic E-state index is 5.10. The lowest BCUT2D eigenvalue weighted by Gasteiger charge is -2.50. The third-order valence-corrected chi connectivity index (χ3v) is 4.47. The number of nitrogens with one attached hydrogen (secondary N) is 1. The van der Waals surface area contributed by atoms with Crippen molar-refractivity contribution >= 4 is 0 Å². The number of ether oxygens (including phenoxy) is 1. The van der Waals surface area contributed by atoms with Crippen molar-refractivity contribution in [3.8, 4) is 0 Å². The third-order valence-electron chi connectivity index (χ3n) is 4.47. The van der Waals surface area contributed by atoms with Crippen LogP contribution in [0.5, 0.6) is 0 Å². The molecular formula is C16H26N2O. The van der Waals surface area contributed by atoms with Gasteiger partial charge in [0.25, 0.3) is 0 Å². The van der Waals surface area contributed by atoms with Crippen LogP contribution in [0.4, 0.5) is 0 Å². The summed E-state index contributed by atoms with van der Waals surface area (Å²) in [5, 5.41) is 3.53. The molecule has 3 heteroatoms. The zero-order valence-electron chi connectivity index (χ0n) is 12.4. The van der Waals surface area contributed by atoms with E-state index in [2.05, 4.69) is 36.3 Å². The summed E-state index contributed by atoms with van der Waals surface area (Å²) >= 11 is 0. The van der Waals surface area contributed by atoms with Gasteiger partial charge in [-0.25, -0.2) is 0 Å². The highest BCUT2D eigenvalue weighted by atomic mass is 16.5. The summed E-state index contributed by atoms with van der Waals surface area (Å²) in [6.07, 6.45) is 6.44. The fraction of sp³-hybridized carbons (Fsp3) is 0.688. The Kier molecular flexibility index (Phi) is 4.94. The van der Waals surface area contributed by atoms with Crippen LogP contribution in [-0.4, -0.2) is 31.8 Å². The summed E-state index contributed by atoms with van der Waals surface area (Å²) < 4.78 is 5.10. The van der Waals surface area contributed by atoms with E-state index in [1.54, 1.807) is 7.11 Å². The van der Waals surface area contributed by atoms with Gasteiger partial charge in [-0.2, -0.15) is 0 Å². The van der Waals surface area contributed by atoms with Crippen molar-refractivity contribution in [2.45, 2.75) is 32.1 Å². The zero-order chi connectivity index (χ0) is 13.7. The molecule has 0 aromatic carbocycles. The largest absolute Gasteiger partial charge is 0.383 e. The molecule has 0 atom stereocenters. The van der Waals surface area contributed by atoms with Crippen molar-refractivity contribution in [3.05, 3.63) is 30.1 Å². The summed E-state index contributed by atoms with van der Waals surface area (Å²) in [5.74, 6) is 1.63. The van der Waals surface area contributed by atoms with Gasteiger partial charge in [0.2, 0.25) is 0 Å². The van der Waals surface area contributed by atoms with Gasteiger partial charge in [0.1, 0.15) is 0 Å². The van der Waals surface area contributed by atoms with Gasteiger partial charge in [0.05, 0.1) is 6.61 Å². The highest BCUT2D eigenvalue weighted by Crippen LogP contribution is 2.50. The Morgan fingerprint density at radius 3 is 2.84 bits per heavy atom. The number of rotatable bonds is 7. The molecule has 0 spiro atoms. The second-order valence-corrected chi connectivity index (χ2v) is 6.10. The molecule has 1 saturated carbocycles. The third kappa shape index (κ3) is 3.34. The highest BCUT2D eigenvalue weighted by Gasteiger charge is 2.46. The van der Waals surface area contributed by atoms with Gasteiger partial charge in [-0.1, -0.05) is 19.9 Å². The van der Waals surface area contributed by atoms with E-state index in [0.717, 1.165) is 31.5 Å². The molecule has 0 saturated heterocycles. The molecule has 0 radical (unpaired) electrons. The summed E-state index contributed by atoms with van der Waals surface area (Å²) in [5.41, 5.74) is 1.67. The molecule has 19 heavy (non-hydrogen) atoms. The van der Waals surface area contributed by atoms with Crippen LogP contribution in [0.25, 0.3) is 0 Å². The predicted octanol–water partition coefficient (Wildman–Crippen LogP) is 2.62. The lowest BCUT2D eigenvalue weighted by Crippen LogP contribution is -2.50. The average Bonchev–Trinajstić information content (AvgIpc) is 2.37. The van der Waals surface area contributed by atoms with Crippen molar-refractivity contribution in [1.29, 1.82) is 0 Å². The average molecular weight is 262 g/mol. The van der Waals surface area contributed by atoms with Gasteiger partial charge in [0.15, 0.2) is 0 Å². The van der Waals surface area contributed by atoms with Crippen LogP contribution in [0.15, 0.2) is 24.5 Å². The Morgan fingerprint density at radius 2 is 2.26 bits per heavy atom. The summed E-state index contributed by atoms with van der Waals surface area (Å²) in [6.45, 7) is 7.39. The van der Waals surface area contributed by atoms with Crippen molar-refractivity contribution in [2.24, 2.45) is 11.8 Å². The van der Waals surface area contributed by atoms with Crippen LogP contribution < -0.4 is 5.32 Å². The fourth-order valence-electron chi connectivity index (χ4n) is 3.08. The summed E-state index contributed by atoms with van der Waals surface area (Å²) in [6, 6.07) is 4.27. The first-order chi connectivity index (χ1) is 9.18. The molecule has 1 N–H and O–H groups in total. The lowest BCUT2D eigenvalue weighted by molar-refractivity contribution is 0.0946. The molecule has 0 unspecified atom stereocenters. The highest BCUT2D eigenvalue weighted by molar-refractivity contribution is 5.27. The van der Waals surface area contributed by atoms with Gasteiger partial charge >= 0.3 is 0 Å². The Labute approximate surface area is 116 Å². The number of aromatic nitrogens is 1. The first-order valence-electron chi connectivity index (χ1n) is 7.28. The van der Waals surface area contributed by atoms with Crippen LogP contribution >= 0.6 is 0 Å². The van der Waals surface area contributed by atoms with Crippen LogP contribution in [0.3, 0.4) is 0 Å². The van der Waals surface area contributed by atoms with E-state index < -0.39 is 0 Å². The molecule has 0 amide bonds. The first kappa shape index (κ1) is 14.5. The Balaban J connectivity index is 1.99. The van der Waals surface area contributed by atoms with Crippen LogP contribution in [0.2, 0.25) is 0 Å². The fourth-order valence-corrected chi connectivity index (χ4v) is 3.08. The van der Waals surface area contributed by atoms with Crippen molar-refractivity contribution in [2.75, 3.05) is 26.8 Å². The van der Waals surface area contributed by atoms with Crippen LogP contribution in [0, 0.1) is 11.8 Å². The SMILES string of the molecule is COCCNCC1(c2cccnc2)CC(C(C)C)C1. The molecule has 1 aliphatic rings. The first-order valence-corrected chi connectivity index (χ1v) is 7.28. The number of pyridine rings is 1. The van der Waals surface area contributed by atoms with Gasteiger partial charge in [-0.15, -0.1) is 0 Å². The number of methoxy groups -OCH3 is 1. The number of nitrogens with zero attached hydrogens (tertiary/aromatic N) is 1. The van der Waals surface area contributed by atoms with E-state index >= 15 is 0 Å². The van der Waals surface area contributed by atoms with Gasteiger partial charge in [-0.3, -0.25) is 4.98 Å². The Bertz CT molecular complexity index is 372. The van der Waals surface area contributed by atoms with Gasteiger partial charge < -0.3 is 10.1 Å². The normalized spacial score (nSPS) is 26.4. The lowest BCUT2D eigenvalue weighted by atomic mass is 9.56. The molecule has 1 fully saturated rings. The van der Waals surface area contributed by atoms with Crippen molar-refractivity contribution < 1.29 is 4.74 Å². The summed E-state index contributed by atoms with van der Waals surface area (Å²) in [7, 11) is 1.75. The molecule has 1 aromatic heterocycles. The smallest absolute Gasteiger partial charge is 0.0587 e. The molecule has 1 aromatic rings. The van der Waals surface area contributed by atoms with E-state index in [4.69, 9.17) is 4.74 Å².